The summed E-state index contributed by atoms with van der Waals surface area (Å²) in [6.45, 7) is 3.55. The van der Waals surface area contributed by atoms with E-state index < -0.39 is 14.2 Å². The Morgan fingerprint density at radius 3 is 2.23 bits per heavy atom. The van der Waals surface area contributed by atoms with E-state index in [2.05, 4.69) is 21.2 Å². The van der Waals surface area contributed by atoms with Gasteiger partial charge in [0.25, 0.3) is 0 Å². The van der Waals surface area contributed by atoms with Gasteiger partial charge in [0.2, 0.25) is 5.91 Å². The number of carbonyl (C=O) groups is 1. The molecular weight excluding hydrogens is 258 g/mol. The molecule has 0 heterocycles. The Kier molecular flexibility index (Phi) is 4.38. The van der Waals surface area contributed by atoms with Gasteiger partial charge in [0.05, 0.1) is 10.1 Å². The summed E-state index contributed by atoms with van der Waals surface area (Å²) >= 11 is 3.16. The van der Waals surface area contributed by atoms with Crippen molar-refractivity contribution in [1.82, 2.24) is 5.32 Å². The molecule has 1 amide bonds. The van der Waals surface area contributed by atoms with E-state index in [4.69, 9.17) is 0 Å². The minimum absolute atomic E-state index is 0.0260. The maximum Gasteiger partial charge on any atom is 0.236 e. The van der Waals surface area contributed by atoms with Gasteiger partial charge in [0.1, 0.15) is 9.84 Å². The second-order valence-electron chi connectivity index (χ2n) is 3.36. The number of carbonyl (C=O) groups excluding carboxylic acids is 1. The smallest absolute Gasteiger partial charge is 0.236 e. The fraction of sp³-hybridized carbons (Fsp3) is 0.857. The molecule has 0 aromatic heterocycles. The molecule has 0 atom stereocenters. The molecule has 0 aromatic rings. The molecule has 0 aliphatic carbocycles. The van der Waals surface area contributed by atoms with Crippen LogP contribution in [0.2, 0.25) is 0 Å². The Labute approximate surface area is 87.1 Å². The van der Waals surface area contributed by atoms with E-state index >= 15 is 0 Å². The zero-order valence-electron chi connectivity index (χ0n) is 7.93. The molecule has 0 saturated heterocycles. The molecule has 4 nitrogen and oxygen atoms in total. The molecule has 0 fully saturated rings. The van der Waals surface area contributed by atoms with Gasteiger partial charge in [0.15, 0.2) is 0 Å². The van der Waals surface area contributed by atoms with Gasteiger partial charge in [-0.15, -0.1) is 0 Å². The van der Waals surface area contributed by atoms with Gasteiger partial charge in [-0.2, -0.15) is 0 Å². The summed E-state index contributed by atoms with van der Waals surface area (Å²) in [5.41, 5.74) is 0. The topological polar surface area (TPSA) is 63.2 Å². The largest absolute Gasteiger partial charge is 0.354 e. The molecule has 0 unspecified atom stereocenters. The van der Waals surface area contributed by atoms with E-state index in [9.17, 15) is 13.2 Å². The van der Waals surface area contributed by atoms with Crippen LogP contribution in [0.5, 0.6) is 0 Å². The fourth-order valence-electron chi connectivity index (χ4n) is 0.560. The molecule has 0 aliphatic rings. The van der Waals surface area contributed by atoms with Crippen LogP contribution < -0.4 is 5.32 Å². The maximum atomic E-state index is 11.2. The number of hydrogen-bond donors (Lipinski definition) is 1. The van der Waals surface area contributed by atoms with E-state index in [1.807, 2.05) is 0 Å². The zero-order valence-corrected chi connectivity index (χ0v) is 10.3. The van der Waals surface area contributed by atoms with Crippen LogP contribution in [-0.4, -0.2) is 37.2 Å². The third-order valence-electron chi connectivity index (χ3n) is 1.30. The lowest BCUT2D eigenvalue weighted by Crippen LogP contribution is -2.39. The monoisotopic (exact) mass is 271 g/mol. The normalized spacial score (nSPS) is 12.6. The molecular formula is C7H14BrNO3S. The van der Waals surface area contributed by atoms with Crippen molar-refractivity contribution in [3.63, 3.8) is 0 Å². The van der Waals surface area contributed by atoms with Crippen LogP contribution in [0.3, 0.4) is 0 Å². The van der Waals surface area contributed by atoms with Crippen molar-refractivity contribution in [2.24, 2.45) is 0 Å². The molecule has 0 saturated carbocycles. The Morgan fingerprint density at radius 2 is 1.92 bits per heavy atom. The van der Waals surface area contributed by atoms with E-state index in [0.717, 1.165) is 6.26 Å². The van der Waals surface area contributed by atoms with Crippen molar-refractivity contribution >= 4 is 31.7 Å². The van der Waals surface area contributed by atoms with Crippen molar-refractivity contribution in [2.45, 2.75) is 18.2 Å². The first-order chi connectivity index (χ1) is 5.63. The van der Waals surface area contributed by atoms with Gasteiger partial charge in [-0.25, -0.2) is 8.42 Å². The van der Waals surface area contributed by atoms with E-state index in [1.165, 1.54) is 0 Å². The lowest BCUT2D eigenvalue weighted by molar-refractivity contribution is -0.122. The predicted octanol–water partition coefficient (Wildman–Crippen LogP) is 0.321. The van der Waals surface area contributed by atoms with E-state index in [1.54, 1.807) is 13.8 Å². The number of hydrogen-bond acceptors (Lipinski definition) is 3. The van der Waals surface area contributed by atoms with Crippen molar-refractivity contribution in [1.29, 1.82) is 0 Å². The third-order valence-corrected chi connectivity index (χ3v) is 2.60. The molecule has 78 valence electrons. The first-order valence-electron chi connectivity index (χ1n) is 3.78. The summed E-state index contributed by atoms with van der Waals surface area (Å²) in [6.07, 6.45) is 1.14. The van der Waals surface area contributed by atoms with Gasteiger partial charge >= 0.3 is 0 Å². The van der Waals surface area contributed by atoms with Crippen LogP contribution in [0.25, 0.3) is 0 Å². The number of nitrogens with one attached hydrogen (secondary N) is 1. The first-order valence-corrected chi connectivity index (χ1v) is 6.63. The standard InChI is InChI=1S/C7H14BrNO3S/c1-7(2,8)6(10)9-4-5-13(3,11)12/h4-5H2,1-3H3,(H,9,10). The Hall–Kier alpha value is -0.100. The zero-order chi connectivity index (χ0) is 10.7. The van der Waals surface area contributed by atoms with Gasteiger partial charge in [-0.05, 0) is 13.8 Å². The van der Waals surface area contributed by atoms with Crippen LogP contribution >= 0.6 is 15.9 Å². The van der Waals surface area contributed by atoms with Crippen LogP contribution in [-0.2, 0) is 14.6 Å². The molecule has 1 N–H and O–H groups in total. The van der Waals surface area contributed by atoms with Crippen LogP contribution in [0.1, 0.15) is 13.8 Å². The fourth-order valence-corrected chi connectivity index (χ4v) is 1.17. The van der Waals surface area contributed by atoms with Gasteiger partial charge in [-0.3, -0.25) is 4.79 Å². The predicted molar refractivity (Wildman–Crippen MR) is 55.7 cm³/mol. The highest BCUT2D eigenvalue weighted by molar-refractivity contribution is 9.10. The highest BCUT2D eigenvalue weighted by Gasteiger charge is 2.22. The second kappa shape index (κ2) is 4.41. The lowest BCUT2D eigenvalue weighted by atomic mass is 10.2. The highest BCUT2D eigenvalue weighted by Crippen LogP contribution is 2.14. The molecule has 13 heavy (non-hydrogen) atoms. The van der Waals surface area contributed by atoms with Crippen LogP contribution in [0.15, 0.2) is 0 Å². The molecule has 0 bridgehead atoms. The summed E-state index contributed by atoms with van der Waals surface area (Å²) in [6, 6.07) is 0. The molecule has 0 aromatic carbocycles. The van der Waals surface area contributed by atoms with Crippen molar-refractivity contribution < 1.29 is 13.2 Å². The summed E-state index contributed by atoms with van der Waals surface area (Å²) in [7, 11) is -3.00. The first kappa shape index (κ1) is 12.9. The summed E-state index contributed by atoms with van der Waals surface area (Å²) in [5, 5.41) is 2.51. The van der Waals surface area contributed by atoms with Crippen molar-refractivity contribution in [2.75, 3.05) is 18.6 Å². The van der Waals surface area contributed by atoms with Crippen molar-refractivity contribution in [3.8, 4) is 0 Å². The third kappa shape index (κ3) is 7.01. The van der Waals surface area contributed by atoms with Crippen molar-refractivity contribution in [3.05, 3.63) is 0 Å². The minimum atomic E-state index is -3.00. The van der Waals surface area contributed by atoms with Gasteiger partial charge in [0, 0.05) is 12.8 Å². The second-order valence-corrected chi connectivity index (χ2v) is 7.60. The lowest BCUT2D eigenvalue weighted by Gasteiger charge is -2.15. The number of alkyl halides is 1. The number of halogens is 1. The summed E-state index contributed by atoms with van der Waals surface area (Å²) in [5.74, 6) is -0.238. The molecule has 0 radical (unpaired) electrons. The van der Waals surface area contributed by atoms with Gasteiger partial charge < -0.3 is 5.32 Å². The number of rotatable bonds is 4. The SMILES string of the molecule is CC(C)(Br)C(=O)NCCS(C)(=O)=O. The van der Waals surface area contributed by atoms with E-state index in [0.29, 0.717) is 0 Å². The number of amides is 1. The molecule has 0 rings (SSSR count). The average Bonchev–Trinajstić information content (AvgIpc) is 1.82. The average molecular weight is 272 g/mol. The highest BCUT2D eigenvalue weighted by atomic mass is 79.9. The molecule has 6 heteroatoms. The summed E-state index contributed by atoms with van der Waals surface area (Å²) in [4.78, 5) is 11.2. The van der Waals surface area contributed by atoms with E-state index in [-0.39, 0.29) is 18.2 Å². The van der Waals surface area contributed by atoms with Gasteiger partial charge in [-0.1, -0.05) is 15.9 Å². The Bertz CT molecular complexity index is 279. The number of sulfone groups is 1. The van der Waals surface area contributed by atoms with Crippen LogP contribution in [0, 0.1) is 0 Å². The minimum Gasteiger partial charge on any atom is -0.354 e. The molecule has 0 aliphatic heterocycles. The Balaban J connectivity index is 3.87. The summed E-state index contributed by atoms with van der Waals surface area (Å²) < 4.78 is 20.8. The Morgan fingerprint density at radius 1 is 1.46 bits per heavy atom. The maximum absolute atomic E-state index is 11.2. The molecule has 0 spiro atoms. The van der Waals surface area contributed by atoms with Crippen LogP contribution in [0.4, 0.5) is 0 Å². The quantitative estimate of drug-likeness (QED) is 0.750.